The summed E-state index contributed by atoms with van der Waals surface area (Å²) >= 11 is 6.01. The summed E-state index contributed by atoms with van der Waals surface area (Å²) in [4.78, 5) is 24.0. The van der Waals surface area contributed by atoms with Crippen molar-refractivity contribution in [2.45, 2.75) is 13.3 Å². The first-order valence-electron chi connectivity index (χ1n) is 7.65. The Morgan fingerprint density at radius 3 is 2.65 bits per heavy atom. The van der Waals surface area contributed by atoms with E-state index < -0.39 is 5.91 Å². The van der Waals surface area contributed by atoms with E-state index in [1.807, 2.05) is 0 Å². The Balaban J connectivity index is 1.90. The molecule has 0 saturated heterocycles. The molecule has 0 aliphatic rings. The molecule has 0 aromatic heterocycles. The molecule has 8 heteroatoms. The van der Waals surface area contributed by atoms with Gasteiger partial charge in [-0.15, -0.1) is 0 Å². The number of nitrogens with zero attached hydrogens (tertiary/aromatic N) is 1. The molecule has 3 N–H and O–H groups in total. The molecule has 0 heterocycles. The number of ether oxygens (including phenoxy) is 1. The zero-order valence-electron chi connectivity index (χ0n) is 14.2. The van der Waals surface area contributed by atoms with Gasteiger partial charge in [-0.1, -0.05) is 17.7 Å². The van der Waals surface area contributed by atoms with Crippen molar-refractivity contribution >= 4 is 34.8 Å². The maximum absolute atomic E-state index is 12.0. The second-order valence-corrected chi connectivity index (χ2v) is 5.82. The number of phenolic OH excluding ortho intramolecular Hbond substituents is 1. The summed E-state index contributed by atoms with van der Waals surface area (Å²) in [5.41, 5.74) is 3.54. The number of hydrazone groups is 1. The highest BCUT2D eigenvalue weighted by molar-refractivity contribution is 6.32. The zero-order valence-corrected chi connectivity index (χ0v) is 15.0. The summed E-state index contributed by atoms with van der Waals surface area (Å²) < 4.78 is 5.05. The minimum atomic E-state index is -0.484. The number of hydrogen-bond donors (Lipinski definition) is 3. The van der Waals surface area contributed by atoms with Gasteiger partial charge in [0.15, 0.2) is 0 Å². The zero-order chi connectivity index (χ0) is 19.1. The molecule has 0 aliphatic heterocycles. The molecule has 2 aromatic rings. The number of amides is 2. The first-order valence-corrected chi connectivity index (χ1v) is 8.02. The molecule has 2 rings (SSSR count). The maximum atomic E-state index is 12.0. The van der Waals surface area contributed by atoms with Crippen LogP contribution in [0.4, 0.5) is 5.69 Å². The number of halogens is 1. The average molecular weight is 376 g/mol. The molecular weight excluding hydrogens is 358 g/mol. The molecular formula is C18H18ClN3O4. The molecule has 0 spiro atoms. The highest BCUT2D eigenvalue weighted by Gasteiger charge is 2.09. The predicted molar refractivity (Wildman–Crippen MR) is 99.9 cm³/mol. The van der Waals surface area contributed by atoms with E-state index in [1.165, 1.54) is 19.2 Å². The van der Waals surface area contributed by atoms with Gasteiger partial charge in [-0.2, -0.15) is 5.10 Å². The summed E-state index contributed by atoms with van der Waals surface area (Å²) in [7, 11) is 1.50. The van der Waals surface area contributed by atoms with Crippen LogP contribution in [0.25, 0.3) is 0 Å². The van der Waals surface area contributed by atoms with E-state index in [1.54, 1.807) is 37.3 Å². The van der Waals surface area contributed by atoms with E-state index >= 15 is 0 Å². The first kappa shape index (κ1) is 19.3. The molecule has 0 aliphatic carbocycles. The van der Waals surface area contributed by atoms with Crippen LogP contribution in [-0.2, 0) is 4.79 Å². The van der Waals surface area contributed by atoms with E-state index in [2.05, 4.69) is 15.8 Å². The second kappa shape index (κ2) is 8.87. The summed E-state index contributed by atoms with van der Waals surface area (Å²) in [5.74, 6) is -0.297. The van der Waals surface area contributed by atoms with Gasteiger partial charge < -0.3 is 15.2 Å². The predicted octanol–water partition coefficient (Wildman–Crippen LogP) is 3.19. The fourth-order valence-electron chi connectivity index (χ4n) is 2.08. The number of carbonyl (C=O) groups excluding carboxylic acids is 2. The number of methoxy groups -OCH3 is 1. The van der Waals surface area contributed by atoms with Gasteiger partial charge in [0, 0.05) is 17.0 Å². The van der Waals surface area contributed by atoms with E-state index in [9.17, 15) is 14.7 Å². The number of aromatic hydroxyl groups is 1. The van der Waals surface area contributed by atoms with Crippen molar-refractivity contribution < 1.29 is 19.4 Å². The molecule has 7 nitrogen and oxygen atoms in total. The van der Waals surface area contributed by atoms with Crippen LogP contribution >= 0.6 is 11.6 Å². The Hall–Kier alpha value is -3.06. The number of nitrogens with one attached hydrogen (secondary N) is 2. The molecule has 0 radical (unpaired) electrons. The van der Waals surface area contributed by atoms with Crippen LogP contribution in [0.5, 0.6) is 11.5 Å². The molecule has 136 valence electrons. The third kappa shape index (κ3) is 5.49. The monoisotopic (exact) mass is 375 g/mol. The Morgan fingerprint density at radius 2 is 2.00 bits per heavy atom. The third-order valence-electron chi connectivity index (χ3n) is 3.31. The van der Waals surface area contributed by atoms with Crippen molar-refractivity contribution in [2.75, 3.05) is 12.4 Å². The van der Waals surface area contributed by atoms with E-state index in [0.29, 0.717) is 22.2 Å². The van der Waals surface area contributed by atoms with E-state index in [0.717, 1.165) is 0 Å². The van der Waals surface area contributed by atoms with Crippen molar-refractivity contribution in [3.63, 3.8) is 0 Å². The second-order valence-electron chi connectivity index (χ2n) is 5.41. The van der Waals surface area contributed by atoms with Gasteiger partial charge >= 0.3 is 0 Å². The molecule has 0 bridgehead atoms. The SMILES string of the molecule is COc1ccc(NC(=O)C/C(C)=N\NC(=O)c2cccc(O)c2)cc1Cl. The Labute approximate surface area is 155 Å². The number of hydrogen-bond acceptors (Lipinski definition) is 5. The largest absolute Gasteiger partial charge is 0.508 e. The normalized spacial score (nSPS) is 11.0. The van der Waals surface area contributed by atoms with Crippen molar-refractivity contribution in [3.05, 3.63) is 53.1 Å². The van der Waals surface area contributed by atoms with Crippen molar-refractivity contribution in [2.24, 2.45) is 5.10 Å². The van der Waals surface area contributed by atoms with Gasteiger partial charge in [0.25, 0.3) is 5.91 Å². The third-order valence-corrected chi connectivity index (χ3v) is 3.60. The lowest BCUT2D eigenvalue weighted by Gasteiger charge is -2.08. The Morgan fingerprint density at radius 1 is 1.23 bits per heavy atom. The van der Waals surface area contributed by atoms with Crippen LogP contribution in [0.1, 0.15) is 23.7 Å². The number of benzene rings is 2. The standard InChI is InChI=1S/C18H18ClN3O4/c1-11(21-22-18(25)12-4-3-5-14(23)9-12)8-17(24)20-13-6-7-16(26-2)15(19)10-13/h3-7,9-10,23H,8H2,1-2H3,(H,20,24)(H,22,25)/b21-11-. The molecule has 0 unspecified atom stereocenters. The van der Waals surface area contributed by atoms with Gasteiger partial charge in [0.1, 0.15) is 11.5 Å². The minimum Gasteiger partial charge on any atom is -0.508 e. The number of phenols is 1. The van der Waals surface area contributed by atoms with Gasteiger partial charge in [-0.25, -0.2) is 5.43 Å². The van der Waals surface area contributed by atoms with Crippen LogP contribution in [-0.4, -0.2) is 29.7 Å². The lowest BCUT2D eigenvalue weighted by molar-refractivity contribution is -0.115. The van der Waals surface area contributed by atoms with E-state index in [4.69, 9.17) is 16.3 Å². The fraction of sp³-hybridized carbons (Fsp3) is 0.167. The fourth-order valence-corrected chi connectivity index (χ4v) is 2.34. The Bertz CT molecular complexity index is 852. The van der Waals surface area contributed by atoms with Crippen LogP contribution in [0.15, 0.2) is 47.6 Å². The van der Waals surface area contributed by atoms with Gasteiger partial charge in [-0.05, 0) is 43.3 Å². The molecule has 0 atom stereocenters. The maximum Gasteiger partial charge on any atom is 0.271 e. The molecule has 26 heavy (non-hydrogen) atoms. The van der Waals surface area contributed by atoms with Gasteiger partial charge in [-0.3, -0.25) is 9.59 Å². The smallest absolute Gasteiger partial charge is 0.271 e. The highest BCUT2D eigenvalue weighted by atomic mass is 35.5. The summed E-state index contributed by atoms with van der Waals surface area (Å²) in [6.07, 6.45) is -0.00995. The molecule has 2 aromatic carbocycles. The van der Waals surface area contributed by atoms with Crippen molar-refractivity contribution in [1.82, 2.24) is 5.43 Å². The number of anilines is 1. The van der Waals surface area contributed by atoms with Crippen LogP contribution in [0.2, 0.25) is 5.02 Å². The first-order chi connectivity index (χ1) is 12.4. The van der Waals surface area contributed by atoms with Crippen LogP contribution in [0, 0.1) is 0 Å². The number of rotatable bonds is 6. The number of carbonyl (C=O) groups is 2. The quantitative estimate of drug-likeness (QED) is 0.533. The lowest BCUT2D eigenvalue weighted by atomic mass is 10.2. The summed E-state index contributed by atoms with van der Waals surface area (Å²) in [6.45, 7) is 1.61. The van der Waals surface area contributed by atoms with Gasteiger partial charge in [0.05, 0.1) is 18.6 Å². The molecule has 2 amide bonds. The van der Waals surface area contributed by atoms with Crippen molar-refractivity contribution in [1.29, 1.82) is 0 Å². The highest BCUT2D eigenvalue weighted by Crippen LogP contribution is 2.27. The Kier molecular flexibility index (Phi) is 6.57. The van der Waals surface area contributed by atoms with Crippen molar-refractivity contribution in [3.8, 4) is 11.5 Å². The average Bonchev–Trinajstić information content (AvgIpc) is 2.59. The molecule has 0 fully saturated rings. The minimum absolute atomic E-state index is 0.00995. The van der Waals surface area contributed by atoms with Crippen LogP contribution < -0.4 is 15.5 Å². The lowest BCUT2D eigenvalue weighted by Crippen LogP contribution is -2.21. The molecule has 0 saturated carbocycles. The topological polar surface area (TPSA) is 100 Å². The van der Waals surface area contributed by atoms with E-state index in [-0.39, 0.29) is 23.6 Å². The summed E-state index contributed by atoms with van der Waals surface area (Å²) in [5, 5.41) is 16.3. The van der Waals surface area contributed by atoms with Gasteiger partial charge in [0.2, 0.25) is 5.91 Å². The van der Waals surface area contributed by atoms with Crippen LogP contribution in [0.3, 0.4) is 0 Å². The summed E-state index contributed by atoms with van der Waals surface area (Å²) in [6, 6.07) is 10.8.